The van der Waals surface area contributed by atoms with Crippen molar-refractivity contribution in [1.29, 1.82) is 0 Å². The summed E-state index contributed by atoms with van der Waals surface area (Å²) in [5, 5.41) is 6.77. The van der Waals surface area contributed by atoms with E-state index in [9.17, 15) is 4.79 Å². The minimum atomic E-state index is -0.0685. The number of carbonyl (C=O) groups excluding carboxylic acids is 1. The van der Waals surface area contributed by atoms with Crippen LogP contribution in [0.1, 0.15) is 27.0 Å². The van der Waals surface area contributed by atoms with E-state index in [2.05, 4.69) is 5.32 Å². The fourth-order valence-electron chi connectivity index (χ4n) is 1.76. The van der Waals surface area contributed by atoms with Crippen LogP contribution < -0.4 is 11.1 Å². The molecule has 0 aliphatic rings. The van der Waals surface area contributed by atoms with Gasteiger partial charge in [0, 0.05) is 16.8 Å². The number of amides is 1. The molecule has 0 saturated carbocycles. The number of aryl methyl sites for hydroxylation is 3. The zero-order valence-electron chi connectivity index (χ0n) is 10.7. The number of nitrogen functional groups attached to an aromatic ring is 1. The first kappa shape index (κ1) is 12.6. The van der Waals surface area contributed by atoms with Crippen LogP contribution in [0.25, 0.3) is 0 Å². The van der Waals surface area contributed by atoms with E-state index in [1.165, 1.54) is 11.3 Å². The molecule has 0 fully saturated rings. The Balaban J connectivity index is 2.28. The summed E-state index contributed by atoms with van der Waals surface area (Å²) in [6.45, 7) is 5.80. The lowest BCUT2D eigenvalue weighted by Gasteiger charge is -2.11. The maximum atomic E-state index is 12.1. The van der Waals surface area contributed by atoms with E-state index < -0.39 is 0 Å². The topological polar surface area (TPSA) is 55.1 Å². The molecular formula is C14H16N2OS. The van der Waals surface area contributed by atoms with Gasteiger partial charge in [-0.3, -0.25) is 4.79 Å². The summed E-state index contributed by atoms with van der Waals surface area (Å²) in [5.74, 6) is -0.0685. The highest BCUT2D eigenvalue weighted by Crippen LogP contribution is 2.23. The van der Waals surface area contributed by atoms with E-state index >= 15 is 0 Å². The van der Waals surface area contributed by atoms with Crippen LogP contribution in [0.15, 0.2) is 22.9 Å². The van der Waals surface area contributed by atoms with E-state index in [-0.39, 0.29) is 5.91 Å². The quantitative estimate of drug-likeness (QED) is 0.812. The van der Waals surface area contributed by atoms with E-state index in [4.69, 9.17) is 5.73 Å². The average molecular weight is 260 g/mol. The van der Waals surface area contributed by atoms with Crippen LogP contribution in [0.3, 0.4) is 0 Å². The molecule has 0 bridgehead atoms. The number of rotatable bonds is 2. The lowest BCUT2D eigenvalue weighted by Crippen LogP contribution is -2.13. The molecule has 0 aliphatic carbocycles. The molecule has 2 aromatic rings. The molecule has 1 amide bonds. The molecule has 1 aromatic carbocycles. The fourth-order valence-corrected chi connectivity index (χ4v) is 2.58. The average Bonchev–Trinajstić information content (AvgIpc) is 2.72. The highest BCUT2D eigenvalue weighted by atomic mass is 32.1. The number of benzene rings is 1. The molecule has 1 aromatic heterocycles. The molecule has 0 radical (unpaired) electrons. The third-order valence-electron chi connectivity index (χ3n) is 2.96. The zero-order valence-corrected chi connectivity index (χ0v) is 11.5. The van der Waals surface area contributed by atoms with Gasteiger partial charge in [0.2, 0.25) is 0 Å². The zero-order chi connectivity index (χ0) is 13.3. The first-order valence-electron chi connectivity index (χ1n) is 5.70. The summed E-state index contributed by atoms with van der Waals surface area (Å²) in [6.07, 6.45) is 0. The van der Waals surface area contributed by atoms with Crippen molar-refractivity contribution < 1.29 is 4.79 Å². The Morgan fingerprint density at radius 3 is 2.44 bits per heavy atom. The number of anilines is 2. The van der Waals surface area contributed by atoms with Crippen LogP contribution in [-0.4, -0.2) is 5.91 Å². The van der Waals surface area contributed by atoms with Crippen LogP contribution >= 0.6 is 11.3 Å². The van der Waals surface area contributed by atoms with Gasteiger partial charge in [0.05, 0.1) is 5.56 Å². The van der Waals surface area contributed by atoms with E-state index in [0.29, 0.717) is 0 Å². The van der Waals surface area contributed by atoms with Gasteiger partial charge in [0.15, 0.2) is 0 Å². The van der Waals surface area contributed by atoms with Crippen molar-refractivity contribution in [3.8, 4) is 0 Å². The van der Waals surface area contributed by atoms with E-state index in [1.54, 1.807) is 0 Å². The first-order valence-corrected chi connectivity index (χ1v) is 6.64. The molecule has 0 spiro atoms. The Kier molecular flexibility index (Phi) is 3.39. The van der Waals surface area contributed by atoms with Crippen LogP contribution in [-0.2, 0) is 0 Å². The Morgan fingerprint density at radius 1 is 1.11 bits per heavy atom. The summed E-state index contributed by atoms with van der Waals surface area (Å²) < 4.78 is 0. The molecule has 4 heteroatoms. The van der Waals surface area contributed by atoms with E-state index in [1.807, 2.05) is 43.7 Å². The van der Waals surface area contributed by atoms with Gasteiger partial charge in [-0.1, -0.05) is 0 Å². The maximum Gasteiger partial charge on any atom is 0.256 e. The number of carbonyl (C=O) groups is 1. The second kappa shape index (κ2) is 4.82. The molecule has 1 heterocycles. The smallest absolute Gasteiger partial charge is 0.256 e. The van der Waals surface area contributed by atoms with Gasteiger partial charge >= 0.3 is 0 Å². The predicted molar refractivity (Wildman–Crippen MR) is 77.3 cm³/mol. The lowest BCUT2D eigenvalue weighted by atomic mass is 10.1. The van der Waals surface area contributed by atoms with Crippen molar-refractivity contribution in [3.63, 3.8) is 0 Å². The van der Waals surface area contributed by atoms with Crippen LogP contribution in [0.5, 0.6) is 0 Å². The summed E-state index contributed by atoms with van der Waals surface area (Å²) in [4.78, 5) is 12.1. The van der Waals surface area contributed by atoms with Gasteiger partial charge < -0.3 is 11.1 Å². The second-order valence-electron chi connectivity index (χ2n) is 4.45. The molecule has 2 rings (SSSR count). The van der Waals surface area contributed by atoms with Gasteiger partial charge in [-0.25, -0.2) is 0 Å². The summed E-state index contributed by atoms with van der Waals surface area (Å²) in [5.41, 5.74) is 11.1. The van der Waals surface area contributed by atoms with Gasteiger partial charge in [-0.15, -0.1) is 0 Å². The molecule has 0 atom stereocenters. The fraction of sp³-hybridized carbons (Fsp3) is 0.214. The van der Waals surface area contributed by atoms with Crippen molar-refractivity contribution in [2.24, 2.45) is 0 Å². The van der Waals surface area contributed by atoms with Crippen molar-refractivity contribution in [2.45, 2.75) is 20.8 Å². The van der Waals surface area contributed by atoms with Gasteiger partial charge in [0.1, 0.15) is 0 Å². The summed E-state index contributed by atoms with van der Waals surface area (Å²) in [6, 6.07) is 3.79. The van der Waals surface area contributed by atoms with Crippen molar-refractivity contribution >= 4 is 28.6 Å². The molecule has 0 unspecified atom stereocenters. The Hall–Kier alpha value is -1.81. The molecular weight excluding hydrogens is 244 g/mol. The molecule has 3 nitrogen and oxygen atoms in total. The number of thiophene rings is 1. The van der Waals surface area contributed by atoms with Crippen LogP contribution in [0.2, 0.25) is 0 Å². The Bertz CT molecular complexity index is 602. The van der Waals surface area contributed by atoms with Crippen LogP contribution in [0.4, 0.5) is 11.4 Å². The van der Waals surface area contributed by atoms with Crippen LogP contribution in [0, 0.1) is 20.8 Å². The molecule has 0 saturated heterocycles. The maximum absolute atomic E-state index is 12.1. The summed E-state index contributed by atoms with van der Waals surface area (Å²) in [7, 11) is 0. The van der Waals surface area contributed by atoms with Crippen molar-refractivity contribution in [2.75, 3.05) is 11.1 Å². The largest absolute Gasteiger partial charge is 0.399 e. The summed E-state index contributed by atoms with van der Waals surface area (Å²) >= 11 is 1.53. The Morgan fingerprint density at radius 2 is 1.83 bits per heavy atom. The number of nitrogens with one attached hydrogen (secondary N) is 1. The van der Waals surface area contributed by atoms with Gasteiger partial charge in [0.25, 0.3) is 5.91 Å². The molecule has 3 N–H and O–H groups in total. The van der Waals surface area contributed by atoms with Gasteiger partial charge in [-0.2, -0.15) is 11.3 Å². The van der Waals surface area contributed by atoms with Crippen molar-refractivity contribution in [3.05, 3.63) is 45.1 Å². The SMILES string of the molecule is Cc1cc(NC(=O)c2cscc2C)c(C)cc1N. The number of nitrogens with two attached hydrogens (primary N) is 1. The Labute approximate surface area is 111 Å². The standard InChI is InChI=1S/C14H16N2OS/c1-8-5-13(9(2)4-12(8)15)16-14(17)11-7-18-6-10(11)3/h4-7H,15H2,1-3H3,(H,16,17). The monoisotopic (exact) mass is 260 g/mol. The second-order valence-corrected chi connectivity index (χ2v) is 5.19. The highest BCUT2D eigenvalue weighted by Gasteiger charge is 2.11. The number of hydrogen-bond donors (Lipinski definition) is 2. The molecule has 94 valence electrons. The first-order chi connectivity index (χ1) is 8.49. The lowest BCUT2D eigenvalue weighted by molar-refractivity contribution is 0.102. The normalized spacial score (nSPS) is 10.4. The van der Waals surface area contributed by atoms with Gasteiger partial charge in [-0.05, 0) is 55.0 Å². The predicted octanol–water partition coefficient (Wildman–Crippen LogP) is 3.51. The third-order valence-corrected chi connectivity index (χ3v) is 3.82. The molecule has 18 heavy (non-hydrogen) atoms. The van der Waals surface area contributed by atoms with Crippen molar-refractivity contribution in [1.82, 2.24) is 0 Å². The minimum absolute atomic E-state index is 0.0685. The third kappa shape index (κ3) is 2.38. The highest BCUT2D eigenvalue weighted by molar-refractivity contribution is 7.08. The minimum Gasteiger partial charge on any atom is -0.399 e. The molecule has 0 aliphatic heterocycles. The number of hydrogen-bond acceptors (Lipinski definition) is 3. The van der Waals surface area contributed by atoms with E-state index in [0.717, 1.165) is 33.6 Å².